The van der Waals surface area contributed by atoms with Gasteiger partial charge in [-0.15, -0.1) is 0 Å². The molecule has 0 aliphatic rings. The lowest BCUT2D eigenvalue weighted by Gasteiger charge is -2.08. The van der Waals surface area contributed by atoms with Crippen LogP contribution in [0.3, 0.4) is 0 Å². The second-order valence-corrected chi connectivity index (χ2v) is 13.4. The van der Waals surface area contributed by atoms with Crippen LogP contribution < -0.4 is 4.74 Å². The number of hydrogen-bond acceptors (Lipinski definition) is 12. The van der Waals surface area contributed by atoms with Gasteiger partial charge in [-0.1, -0.05) is 60.6 Å². The molecule has 0 fully saturated rings. The molecule has 5 rings (SSSR count). The van der Waals surface area contributed by atoms with E-state index in [1.54, 1.807) is 6.92 Å². The predicted octanol–water partition coefficient (Wildman–Crippen LogP) is 7.33. The number of aromatic nitrogens is 2. The van der Waals surface area contributed by atoms with E-state index >= 15 is 0 Å². The van der Waals surface area contributed by atoms with Crippen LogP contribution in [0.4, 0.5) is 0 Å². The van der Waals surface area contributed by atoms with Crippen molar-refractivity contribution in [3.63, 3.8) is 0 Å². The minimum absolute atomic E-state index is 0.0699. The molecule has 0 N–H and O–H groups in total. The van der Waals surface area contributed by atoms with Gasteiger partial charge in [0.25, 0.3) is 10.1 Å². The van der Waals surface area contributed by atoms with Gasteiger partial charge < -0.3 is 23.1 Å². The lowest BCUT2D eigenvalue weighted by Crippen LogP contribution is -2.13. The average Bonchev–Trinajstić information content (AvgIpc) is 3.70. The summed E-state index contributed by atoms with van der Waals surface area (Å²) in [6.45, 7) is 6.79. The summed E-state index contributed by atoms with van der Waals surface area (Å²) in [4.78, 5) is 25.9. The fourth-order valence-corrected chi connectivity index (χ4v) is 5.20. The Morgan fingerprint density at radius 2 is 1.31 bits per heavy atom. The maximum atomic E-state index is 11.7. The van der Waals surface area contributed by atoms with Gasteiger partial charge in [-0.25, -0.2) is 9.97 Å². The topological polar surface area (TPSA) is 153 Å². The Hall–Kier alpha value is -5.27. The summed E-state index contributed by atoms with van der Waals surface area (Å²) >= 11 is 0. The molecule has 52 heavy (non-hydrogen) atoms. The van der Waals surface area contributed by atoms with Gasteiger partial charge in [0.15, 0.2) is 0 Å². The highest BCUT2D eigenvalue weighted by Crippen LogP contribution is 2.23. The number of carbonyl (C=O) groups is 1. The van der Waals surface area contributed by atoms with Crippen LogP contribution in [-0.2, 0) is 47.9 Å². The lowest BCUT2D eigenvalue weighted by atomic mass is 10.1. The van der Waals surface area contributed by atoms with Gasteiger partial charge in [-0.3, -0.25) is 8.98 Å². The Labute approximate surface area is 304 Å². The Kier molecular flexibility index (Phi) is 15.2. The van der Waals surface area contributed by atoms with E-state index in [1.807, 2.05) is 98.8 Å². The van der Waals surface area contributed by atoms with Crippen LogP contribution in [0.1, 0.15) is 48.2 Å². The molecule has 0 aliphatic carbocycles. The number of aryl methyl sites for hydroxylation is 2. The Balaban J connectivity index is 0.000000269. The minimum atomic E-state index is -3.41. The highest BCUT2D eigenvalue weighted by molar-refractivity contribution is 7.85. The van der Waals surface area contributed by atoms with Crippen LogP contribution in [0.2, 0.25) is 0 Å². The van der Waals surface area contributed by atoms with E-state index < -0.39 is 10.1 Å². The summed E-state index contributed by atoms with van der Waals surface area (Å²) in [7, 11) is -2.05. The van der Waals surface area contributed by atoms with Gasteiger partial charge in [-0.2, -0.15) is 8.42 Å². The van der Waals surface area contributed by atoms with Crippen LogP contribution in [-0.4, -0.2) is 63.3 Å². The number of rotatable bonds is 17. The summed E-state index contributed by atoms with van der Waals surface area (Å²) in [5, 5.41) is 4.10. The van der Waals surface area contributed by atoms with Crippen LogP contribution >= 0.6 is 0 Å². The largest absolute Gasteiger partial charge is 0.493 e. The number of nitrogens with zero attached hydrogens (tertiary/aromatic N) is 3. The molecule has 0 amide bonds. The third kappa shape index (κ3) is 13.1. The molecule has 0 saturated carbocycles. The Bertz CT molecular complexity index is 1970. The molecule has 5 aromatic rings. The van der Waals surface area contributed by atoms with E-state index in [0.29, 0.717) is 61.4 Å². The van der Waals surface area contributed by atoms with Gasteiger partial charge in [0.05, 0.1) is 50.1 Å². The maximum absolute atomic E-state index is 11.7. The van der Waals surface area contributed by atoms with E-state index in [0.717, 1.165) is 46.6 Å². The van der Waals surface area contributed by atoms with Crippen molar-refractivity contribution in [2.75, 3.05) is 33.2 Å². The number of ether oxygens (including phenoxy) is 2. The summed E-state index contributed by atoms with van der Waals surface area (Å²) in [5.74, 6) is 3.06. The van der Waals surface area contributed by atoms with Crippen LogP contribution in [0, 0.1) is 13.8 Å². The molecule has 0 atom stereocenters. The van der Waals surface area contributed by atoms with E-state index in [-0.39, 0.29) is 19.0 Å². The molecule has 0 spiro atoms. The molecule has 13 heteroatoms. The Morgan fingerprint density at radius 3 is 1.81 bits per heavy atom. The Morgan fingerprint density at radius 1 is 0.769 bits per heavy atom. The summed E-state index contributed by atoms with van der Waals surface area (Å²) < 4.78 is 48.4. The summed E-state index contributed by atoms with van der Waals surface area (Å²) in [6, 6.07) is 27.1. The second-order valence-electron chi connectivity index (χ2n) is 11.7. The first-order chi connectivity index (χ1) is 25.0. The van der Waals surface area contributed by atoms with Crippen LogP contribution in [0.25, 0.3) is 22.9 Å². The summed E-state index contributed by atoms with van der Waals surface area (Å²) in [6.07, 6.45) is 3.52. The van der Waals surface area contributed by atoms with Gasteiger partial charge in [-0.05, 0) is 62.2 Å². The van der Waals surface area contributed by atoms with E-state index in [2.05, 4.69) is 15.1 Å². The van der Waals surface area contributed by atoms with Gasteiger partial charge in [0, 0.05) is 30.4 Å². The number of benzene rings is 3. The van der Waals surface area contributed by atoms with Crippen molar-refractivity contribution in [1.29, 1.82) is 0 Å². The molecule has 3 aromatic carbocycles. The number of oxime groups is 1. The van der Waals surface area contributed by atoms with Crippen molar-refractivity contribution in [2.45, 2.75) is 52.9 Å². The van der Waals surface area contributed by atoms with Crippen molar-refractivity contribution < 1.29 is 40.5 Å². The van der Waals surface area contributed by atoms with Gasteiger partial charge in [0.1, 0.15) is 23.9 Å². The number of esters is 1. The molecule has 276 valence electrons. The number of oxazole rings is 2. The first kappa shape index (κ1) is 39.5. The smallest absolute Gasteiger partial charge is 0.311 e. The molecule has 0 aliphatic heterocycles. The standard InChI is InChI=1S/C26H30N2O5.C13H15NO4S/c1-4-15-32-28-22(18-25(29)30-3)17-20-10-12-23(13-11-20)31-16-14-24-19(2)33-26(27-24)21-8-6-5-7-9-21;1-10-12(8-9-17-19(2,15)16)14-13(18-10)11-6-4-3-5-7-11/h5-13H,4,14-18H2,1-3H3;3-7H,8-9H2,1-2H3. The van der Waals surface area contributed by atoms with Crippen molar-refractivity contribution in [1.82, 2.24) is 9.97 Å². The molecule has 2 aromatic heterocycles. The third-order valence-electron chi connectivity index (χ3n) is 7.47. The first-order valence-corrected chi connectivity index (χ1v) is 18.7. The predicted molar refractivity (Wildman–Crippen MR) is 198 cm³/mol. The van der Waals surface area contributed by atoms with Gasteiger partial charge >= 0.3 is 5.97 Å². The fourth-order valence-electron chi connectivity index (χ4n) is 4.82. The number of methoxy groups -OCH3 is 1. The normalized spacial score (nSPS) is 11.4. The second kappa shape index (κ2) is 19.9. The molecule has 2 heterocycles. The van der Waals surface area contributed by atoms with E-state index in [9.17, 15) is 13.2 Å². The molecule has 0 unspecified atom stereocenters. The number of hydrogen-bond donors (Lipinski definition) is 0. The number of carbonyl (C=O) groups excluding carboxylic acids is 1. The molecule has 0 saturated heterocycles. The zero-order chi connectivity index (χ0) is 37.3. The van der Waals surface area contributed by atoms with Gasteiger partial charge in [0.2, 0.25) is 11.8 Å². The van der Waals surface area contributed by atoms with E-state index in [4.69, 9.17) is 27.3 Å². The maximum Gasteiger partial charge on any atom is 0.311 e. The SMILES string of the molecule is CCCON=C(CC(=O)OC)Cc1ccc(OCCc2nc(-c3ccccc3)oc2C)cc1.Cc1oc(-c2ccccc2)nc1CCOS(C)(=O)=O. The molecule has 0 radical (unpaired) electrons. The molecule has 0 bridgehead atoms. The van der Waals surface area contributed by atoms with E-state index in [1.165, 1.54) is 7.11 Å². The van der Waals surface area contributed by atoms with Crippen LogP contribution in [0.5, 0.6) is 5.75 Å². The summed E-state index contributed by atoms with van der Waals surface area (Å²) in [5.41, 5.74) is 5.08. The zero-order valence-electron chi connectivity index (χ0n) is 30.2. The third-order valence-corrected chi connectivity index (χ3v) is 8.06. The van der Waals surface area contributed by atoms with Crippen molar-refractivity contribution in [3.8, 4) is 28.7 Å². The zero-order valence-corrected chi connectivity index (χ0v) is 31.0. The van der Waals surface area contributed by atoms with Crippen molar-refractivity contribution >= 4 is 21.8 Å². The monoisotopic (exact) mass is 731 g/mol. The molecular formula is C39H45N3O9S. The fraction of sp³-hybridized carbons (Fsp3) is 0.333. The highest BCUT2D eigenvalue weighted by atomic mass is 32.2. The van der Waals surface area contributed by atoms with Crippen LogP contribution in [0.15, 0.2) is 98.9 Å². The quantitative estimate of drug-likeness (QED) is 0.0311. The average molecular weight is 732 g/mol. The molecular weight excluding hydrogens is 687 g/mol. The minimum Gasteiger partial charge on any atom is -0.493 e. The van der Waals surface area contributed by atoms with Crippen molar-refractivity contribution in [3.05, 3.63) is 113 Å². The molecule has 12 nitrogen and oxygen atoms in total. The highest BCUT2D eigenvalue weighted by Gasteiger charge is 2.14. The first-order valence-electron chi connectivity index (χ1n) is 16.9. The lowest BCUT2D eigenvalue weighted by molar-refractivity contribution is -0.139. The van der Waals surface area contributed by atoms with Crippen molar-refractivity contribution in [2.24, 2.45) is 5.16 Å².